The van der Waals surface area contributed by atoms with Gasteiger partial charge in [-0.25, -0.2) is 0 Å². The first kappa shape index (κ1) is 13.3. The van der Waals surface area contributed by atoms with Crippen molar-refractivity contribution in [3.63, 3.8) is 0 Å². The summed E-state index contributed by atoms with van der Waals surface area (Å²) in [4.78, 5) is 0. The predicted molar refractivity (Wildman–Crippen MR) is 79.3 cm³/mol. The lowest BCUT2D eigenvalue weighted by Crippen LogP contribution is -2.25. The molecule has 1 N–H and O–H groups in total. The van der Waals surface area contributed by atoms with Crippen LogP contribution in [0.15, 0.2) is 24.5 Å². The summed E-state index contributed by atoms with van der Waals surface area (Å²) in [7, 11) is 0. The minimum atomic E-state index is 0.423. The molecule has 1 aromatic heterocycles. The van der Waals surface area contributed by atoms with E-state index in [2.05, 4.69) is 59.1 Å². The molecule has 4 heteroatoms. The van der Waals surface area contributed by atoms with Crippen molar-refractivity contribution in [3.8, 4) is 0 Å². The molecule has 1 aliphatic carbocycles. The number of hydrogen-bond acceptors (Lipinski definition) is 3. The lowest BCUT2D eigenvalue weighted by atomic mass is 10.0. The molecule has 0 radical (unpaired) electrons. The molecular formula is C16H22N4. The van der Waals surface area contributed by atoms with Gasteiger partial charge in [0.25, 0.3) is 0 Å². The van der Waals surface area contributed by atoms with Gasteiger partial charge in [-0.05, 0) is 37.3 Å². The molecule has 3 rings (SSSR count). The van der Waals surface area contributed by atoms with Gasteiger partial charge in [-0.3, -0.25) is 0 Å². The minimum absolute atomic E-state index is 0.423. The van der Waals surface area contributed by atoms with Crippen molar-refractivity contribution >= 4 is 0 Å². The van der Waals surface area contributed by atoms with Crippen molar-refractivity contribution in [2.24, 2.45) is 5.92 Å². The third-order valence-corrected chi connectivity index (χ3v) is 4.26. The summed E-state index contributed by atoms with van der Waals surface area (Å²) in [6, 6.07) is 7.23. The highest BCUT2D eigenvalue weighted by molar-refractivity contribution is 5.38. The molecule has 20 heavy (non-hydrogen) atoms. The Kier molecular flexibility index (Phi) is 3.57. The topological polar surface area (TPSA) is 42.7 Å². The third kappa shape index (κ3) is 2.36. The Morgan fingerprint density at radius 1 is 1.40 bits per heavy atom. The van der Waals surface area contributed by atoms with E-state index in [0.717, 1.165) is 25.3 Å². The SMILES string of the molecule is CCn1cnnc1CN[C@H]1c2cc(C)ccc2C[C@H]1C. The van der Waals surface area contributed by atoms with E-state index in [1.807, 2.05) is 0 Å². The number of aromatic nitrogens is 3. The summed E-state index contributed by atoms with van der Waals surface area (Å²) in [6.07, 6.45) is 2.96. The molecule has 2 atom stereocenters. The van der Waals surface area contributed by atoms with Gasteiger partial charge in [0, 0.05) is 12.6 Å². The van der Waals surface area contributed by atoms with Crippen molar-refractivity contribution in [1.29, 1.82) is 0 Å². The first-order valence-electron chi connectivity index (χ1n) is 7.38. The predicted octanol–water partition coefficient (Wildman–Crippen LogP) is 2.63. The van der Waals surface area contributed by atoms with E-state index >= 15 is 0 Å². The van der Waals surface area contributed by atoms with E-state index < -0.39 is 0 Å². The smallest absolute Gasteiger partial charge is 0.146 e. The molecule has 0 saturated carbocycles. The van der Waals surface area contributed by atoms with Crippen LogP contribution in [-0.4, -0.2) is 14.8 Å². The van der Waals surface area contributed by atoms with E-state index in [4.69, 9.17) is 0 Å². The molecule has 1 aliphatic rings. The van der Waals surface area contributed by atoms with Crippen LogP contribution in [-0.2, 0) is 19.5 Å². The number of rotatable bonds is 4. The van der Waals surface area contributed by atoms with Crippen molar-refractivity contribution in [2.45, 2.75) is 46.3 Å². The normalized spacial score (nSPS) is 21.1. The fourth-order valence-electron chi connectivity index (χ4n) is 3.15. The maximum absolute atomic E-state index is 4.20. The minimum Gasteiger partial charge on any atom is -0.317 e. The zero-order valence-corrected chi connectivity index (χ0v) is 12.4. The molecule has 1 aromatic carbocycles. The van der Waals surface area contributed by atoms with Gasteiger partial charge in [-0.2, -0.15) is 0 Å². The number of nitrogens with zero attached hydrogens (tertiary/aromatic N) is 3. The summed E-state index contributed by atoms with van der Waals surface area (Å²) >= 11 is 0. The highest BCUT2D eigenvalue weighted by Gasteiger charge is 2.29. The maximum Gasteiger partial charge on any atom is 0.146 e. The van der Waals surface area contributed by atoms with E-state index in [1.165, 1.54) is 16.7 Å². The molecule has 4 nitrogen and oxygen atoms in total. The second-order valence-electron chi connectivity index (χ2n) is 5.78. The van der Waals surface area contributed by atoms with E-state index in [-0.39, 0.29) is 0 Å². The van der Waals surface area contributed by atoms with Crippen LogP contribution in [0.4, 0.5) is 0 Å². The van der Waals surface area contributed by atoms with Crippen LogP contribution in [0.1, 0.15) is 42.4 Å². The summed E-state index contributed by atoms with van der Waals surface area (Å²) < 4.78 is 2.09. The van der Waals surface area contributed by atoms with Gasteiger partial charge in [-0.1, -0.05) is 30.7 Å². The molecule has 106 valence electrons. The maximum atomic E-state index is 4.20. The fraction of sp³-hybridized carbons (Fsp3) is 0.500. The summed E-state index contributed by atoms with van der Waals surface area (Å²) in [5.41, 5.74) is 4.28. The number of fused-ring (bicyclic) bond motifs is 1. The third-order valence-electron chi connectivity index (χ3n) is 4.26. The monoisotopic (exact) mass is 270 g/mol. The Morgan fingerprint density at radius 3 is 3.05 bits per heavy atom. The molecule has 0 bridgehead atoms. The molecule has 0 aliphatic heterocycles. The van der Waals surface area contributed by atoms with Crippen LogP contribution < -0.4 is 5.32 Å². The second kappa shape index (κ2) is 5.37. The van der Waals surface area contributed by atoms with Crippen LogP contribution in [0.2, 0.25) is 0 Å². The second-order valence-corrected chi connectivity index (χ2v) is 5.78. The number of aryl methyl sites for hydroxylation is 2. The Hall–Kier alpha value is -1.68. The average molecular weight is 270 g/mol. The molecule has 0 amide bonds. The quantitative estimate of drug-likeness (QED) is 0.928. The number of nitrogens with one attached hydrogen (secondary N) is 1. The van der Waals surface area contributed by atoms with Crippen LogP contribution in [0, 0.1) is 12.8 Å². The van der Waals surface area contributed by atoms with Crippen molar-refractivity contribution in [3.05, 3.63) is 47.0 Å². The molecule has 0 saturated heterocycles. The Labute approximate surface area is 120 Å². The molecule has 0 unspecified atom stereocenters. The highest BCUT2D eigenvalue weighted by Crippen LogP contribution is 2.36. The Morgan fingerprint density at radius 2 is 2.25 bits per heavy atom. The number of hydrogen-bond donors (Lipinski definition) is 1. The van der Waals surface area contributed by atoms with E-state index in [0.29, 0.717) is 12.0 Å². The molecule has 0 spiro atoms. The van der Waals surface area contributed by atoms with Gasteiger partial charge >= 0.3 is 0 Å². The summed E-state index contributed by atoms with van der Waals surface area (Å²) in [6.45, 7) is 8.28. The van der Waals surface area contributed by atoms with Crippen LogP contribution in [0.25, 0.3) is 0 Å². The molecule has 2 aromatic rings. The number of benzene rings is 1. The zero-order valence-electron chi connectivity index (χ0n) is 12.4. The van der Waals surface area contributed by atoms with E-state index in [9.17, 15) is 0 Å². The standard InChI is InChI=1S/C16H22N4/c1-4-20-10-18-19-15(20)9-17-16-12(3)8-13-6-5-11(2)7-14(13)16/h5-7,10,12,16-17H,4,8-9H2,1-3H3/t12-,16-/m1/s1. The lowest BCUT2D eigenvalue weighted by molar-refractivity contribution is 0.406. The fourth-order valence-corrected chi connectivity index (χ4v) is 3.15. The highest BCUT2D eigenvalue weighted by atomic mass is 15.3. The zero-order chi connectivity index (χ0) is 14.1. The van der Waals surface area contributed by atoms with Crippen molar-refractivity contribution < 1.29 is 0 Å². The Bertz CT molecular complexity index is 602. The van der Waals surface area contributed by atoms with Crippen molar-refractivity contribution in [2.75, 3.05) is 0 Å². The van der Waals surface area contributed by atoms with Gasteiger partial charge in [0.15, 0.2) is 0 Å². The van der Waals surface area contributed by atoms with Crippen LogP contribution in [0.5, 0.6) is 0 Å². The largest absolute Gasteiger partial charge is 0.317 e. The summed E-state index contributed by atoms with van der Waals surface area (Å²) in [5.74, 6) is 1.64. The van der Waals surface area contributed by atoms with Crippen LogP contribution >= 0.6 is 0 Å². The van der Waals surface area contributed by atoms with E-state index in [1.54, 1.807) is 6.33 Å². The summed E-state index contributed by atoms with van der Waals surface area (Å²) in [5, 5.41) is 11.9. The molecule has 0 fully saturated rings. The van der Waals surface area contributed by atoms with Gasteiger partial charge in [0.2, 0.25) is 0 Å². The first-order chi connectivity index (χ1) is 9.69. The van der Waals surface area contributed by atoms with Crippen LogP contribution in [0.3, 0.4) is 0 Å². The van der Waals surface area contributed by atoms with Crippen molar-refractivity contribution in [1.82, 2.24) is 20.1 Å². The average Bonchev–Trinajstić information content (AvgIpc) is 3.00. The molecule has 1 heterocycles. The van der Waals surface area contributed by atoms with Gasteiger partial charge in [-0.15, -0.1) is 10.2 Å². The van der Waals surface area contributed by atoms with Gasteiger partial charge in [0.05, 0.1) is 6.54 Å². The first-order valence-corrected chi connectivity index (χ1v) is 7.38. The Balaban J connectivity index is 1.77. The lowest BCUT2D eigenvalue weighted by Gasteiger charge is -2.19. The van der Waals surface area contributed by atoms with Gasteiger partial charge in [0.1, 0.15) is 12.2 Å². The molecular weight excluding hydrogens is 248 g/mol. The van der Waals surface area contributed by atoms with Gasteiger partial charge < -0.3 is 9.88 Å².